The first-order chi connectivity index (χ1) is 9.71. The Balaban J connectivity index is 2.44. The number of rotatable bonds is 4. The lowest BCUT2D eigenvalue weighted by Crippen LogP contribution is -2.31. The highest BCUT2D eigenvalue weighted by molar-refractivity contribution is 5.51. The van der Waals surface area contributed by atoms with E-state index in [0.29, 0.717) is 17.9 Å². The van der Waals surface area contributed by atoms with E-state index in [9.17, 15) is 18.0 Å². The lowest BCUT2D eigenvalue weighted by atomic mass is 10.1. The van der Waals surface area contributed by atoms with E-state index >= 15 is 0 Å². The fourth-order valence-corrected chi connectivity index (χ4v) is 2.14. The van der Waals surface area contributed by atoms with E-state index in [1.165, 1.54) is 10.6 Å². The van der Waals surface area contributed by atoms with Crippen LogP contribution in [0, 0.1) is 5.92 Å². The van der Waals surface area contributed by atoms with Crippen LogP contribution in [0.3, 0.4) is 0 Å². The SMILES string of the molecule is C=C(NCc1c(C(F)(F)F)cc2n(c1=O)CC=C2)C(C)C. The summed E-state index contributed by atoms with van der Waals surface area (Å²) in [5, 5.41) is 2.81. The van der Waals surface area contributed by atoms with Crippen LogP contribution in [0.15, 0.2) is 29.2 Å². The van der Waals surface area contributed by atoms with Gasteiger partial charge in [-0.2, -0.15) is 13.2 Å². The molecule has 0 radical (unpaired) electrons. The number of fused-ring (bicyclic) bond motifs is 1. The van der Waals surface area contributed by atoms with Crippen LogP contribution in [0.25, 0.3) is 6.08 Å². The number of nitrogens with zero attached hydrogens (tertiary/aromatic N) is 1. The van der Waals surface area contributed by atoms with Gasteiger partial charge in [-0.25, -0.2) is 0 Å². The average Bonchev–Trinajstić information content (AvgIpc) is 2.84. The zero-order valence-electron chi connectivity index (χ0n) is 11.9. The highest BCUT2D eigenvalue weighted by Gasteiger charge is 2.36. The third-order valence-corrected chi connectivity index (χ3v) is 3.50. The van der Waals surface area contributed by atoms with Crippen molar-refractivity contribution in [2.24, 2.45) is 5.92 Å². The Hall–Kier alpha value is -1.98. The molecular weight excluding hydrogens is 281 g/mol. The minimum absolute atomic E-state index is 0.0817. The molecule has 1 N–H and O–H groups in total. The van der Waals surface area contributed by atoms with Gasteiger partial charge in [0.1, 0.15) is 0 Å². The van der Waals surface area contributed by atoms with Crippen molar-refractivity contribution in [1.82, 2.24) is 9.88 Å². The molecule has 0 bridgehead atoms. The predicted molar refractivity (Wildman–Crippen MR) is 75.6 cm³/mol. The maximum atomic E-state index is 13.2. The Bertz CT molecular complexity index is 654. The first-order valence-corrected chi connectivity index (χ1v) is 6.65. The topological polar surface area (TPSA) is 34.0 Å². The smallest absolute Gasteiger partial charge is 0.384 e. The summed E-state index contributed by atoms with van der Waals surface area (Å²) >= 11 is 0. The zero-order valence-corrected chi connectivity index (χ0v) is 11.9. The van der Waals surface area contributed by atoms with Gasteiger partial charge in [0.05, 0.1) is 5.56 Å². The number of halogens is 3. The Morgan fingerprint density at radius 1 is 1.48 bits per heavy atom. The molecule has 0 fully saturated rings. The van der Waals surface area contributed by atoms with Crippen molar-refractivity contribution < 1.29 is 13.2 Å². The number of allylic oxidation sites excluding steroid dienone is 2. The molecule has 1 aliphatic rings. The summed E-state index contributed by atoms with van der Waals surface area (Å²) in [6, 6.07) is 1.03. The molecule has 0 aromatic carbocycles. The zero-order chi connectivity index (χ0) is 15.8. The van der Waals surface area contributed by atoms with Gasteiger partial charge >= 0.3 is 6.18 Å². The molecule has 3 nitrogen and oxygen atoms in total. The summed E-state index contributed by atoms with van der Waals surface area (Å²) in [5.41, 5.74) is -0.857. The number of hydrogen-bond acceptors (Lipinski definition) is 2. The summed E-state index contributed by atoms with van der Waals surface area (Å²) in [6.45, 7) is 7.63. The van der Waals surface area contributed by atoms with Crippen molar-refractivity contribution in [2.75, 3.05) is 0 Å². The van der Waals surface area contributed by atoms with E-state index < -0.39 is 17.3 Å². The van der Waals surface area contributed by atoms with Crippen molar-refractivity contribution >= 4 is 6.08 Å². The maximum Gasteiger partial charge on any atom is 0.417 e. The minimum Gasteiger partial charge on any atom is -0.384 e. The van der Waals surface area contributed by atoms with Gasteiger partial charge in [-0.15, -0.1) is 0 Å². The lowest BCUT2D eigenvalue weighted by molar-refractivity contribution is -0.138. The van der Waals surface area contributed by atoms with Gasteiger partial charge in [-0.05, 0) is 18.1 Å². The molecule has 0 aliphatic carbocycles. The summed E-state index contributed by atoms with van der Waals surface area (Å²) < 4.78 is 40.8. The minimum atomic E-state index is -4.55. The first-order valence-electron chi connectivity index (χ1n) is 6.65. The fourth-order valence-electron chi connectivity index (χ4n) is 2.14. The highest BCUT2D eigenvalue weighted by atomic mass is 19.4. The van der Waals surface area contributed by atoms with Crippen molar-refractivity contribution in [2.45, 2.75) is 33.1 Å². The monoisotopic (exact) mass is 298 g/mol. The molecule has 114 valence electrons. The quantitative estimate of drug-likeness (QED) is 0.926. The molecule has 6 heteroatoms. The summed E-state index contributed by atoms with van der Waals surface area (Å²) in [6.07, 6.45) is -1.36. The summed E-state index contributed by atoms with van der Waals surface area (Å²) in [4.78, 5) is 12.3. The molecule has 0 amide bonds. The van der Waals surface area contributed by atoms with Gasteiger partial charge in [0.2, 0.25) is 0 Å². The van der Waals surface area contributed by atoms with Crippen molar-refractivity contribution in [3.63, 3.8) is 0 Å². The standard InChI is InChI=1S/C15H17F3N2O/c1-9(2)10(3)19-8-12-13(15(16,17)18)7-11-5-4-6-20(11)14(12)21/h4-5,7,9,19H,3,6,8H2,1-2H3. The lowest BCUT2D eigenvalue weighted by Gasteiger charge is -2.18. The first kappa shape index (κ1) is 15.4. The van der Waals surface area contributed by atoms with Crippen LogP contribution in [0.1, 0.15) is 30.7 Å². The van der Waals surface area contributed by atoms with Crippen LogP contribution in [-0.2, 0) is 19.3 Å². The molecule has 2 heterocycles. The molecule has 2 rings (SSSR count). The van der Waals surface area contributed by atoms with Crippen LogP contribution in [0.2, 0.25) is 0 Å². The summed E-state index contributed by atoms with van der Waals surface area (Å²) in [7, 11) is 0. The second-order valence-corrected chi connectivity index (χ2v) is 5.31. The third kappa shape index (κ3) is 3.04. The van der Waals surface area contributed by atoms with E-state index in [0.717, 1.165) is 6.07 Å². The second kappa shape index (κ2) is 5.42. The van der Waals surface area contributed by atoms with Gasteiger partial charge in [0.15, 0.2) is 0 Å². The van der Waals surface area contributed by atoms with Gasteiger partial charge in [0, 0.05) is 30.0 Å². The van der Waals surface area contributed by atoms with Crippen LogP contribution >= 0.6 is 0 Å². The molecule has 0 unspecified atom stereocenters. The molecule has 1 aromatic heterocycles. The Morgan fingerprint density at radius 3 is 2.71 bits per heavy atom. The number of alkyl halides is 3. The van der Waals surface area contributed by atoms with Crippen molar-refractivity contribution in [3.05, 3.63) is 51.6 Å². The molecule has 21 heavy (non-hydrogen) atoms. The molecule has 1 aliphatic heterocycles. The van der Waals surface area contributed by atoms with E-state index in [-0.39, 0.29) is 18.0 Å². The Kier molecular flexibility index (Phi) is 3.98. The maximum absolute atomic E-state index is 13.2. The van der Waals surface area contributed by atoms with E-state index in [4.69, 9.17) is 0 Å². The molecule has 1 aromatic rings. The highest BCUT2D eigenvalue weighted by Crippen LogP contribution is 2.32. The van der Waals surface area contributed by atoms with Gasteiger partial charge in [-0.3, -0.25) is 4.79 Å². The van der Waals surface area contributed by atoms with Crippen LogP contribution in [0.4, 0.5) is 13.2 Å². The van der Waals surface area contributed by atoms with Gasteiger partial charge < -0.3 is 9.88 Å². The molecule has 0 spiro atoms. The molecule has 0 saturated carbocycles. The number of pyridine rings is 1. The van der Waals surface area contributed by atoms with Crippen molar-refractivity contribution in [3.8, 4) is 0 Å². The van der Waals surface area contributed by atoms with E-state index in [1.54, 1.807) is 6.08 Å². The van der Waals surface area contributed by atoms with E-state index in [2.05, 4.69) is 11.9 Å². The van der Waals surface area contributed by atoms with Crippen LogP contribution < -0.4 is 10.9 Å². The average molecular weight is 298 g/mol. The Labute approximate surface area is 120 Å². The van der Waals surface area contributed by atoms with Crippen molar-refractivity contribution in [1.29, 1.82) is 0 Å². The van der Waals surface area contributed by atoms with E-state index in [1.807, 2.05) is 13.8 Å². The van der Waals surface area contributed by atoms with Gasteiger partial charge in [0.25, 0.3) is 5.56 Å². The predicted octanol–water partition coefficient (Wildman–Crippen LogP) is 3.15. The summed E-state index contributed by atoms with van der Waals surface area (Å²) in [5.74, 6) is 0.0817. The number of hydrogen-bond donors (Lipinski definition) is 1. The largest absolute Gasteiger partial charge is 0.417 e. The Morgan fingerprint density at radius 2 is 2.14 bits per heavy atom. The van der Waals surface area contributed by atoms with Gasteiger partial charge in [-0.1, -0.05) is 26.5 Å². The molecular formula is C15H17F3N2O. The van der Waals surface area contributed by atoms with Crippen LogP contribution in [0.5, 0.6) is 0 Å². The number of nitrogens with one attached hydrogen (secondary N) is 1. The normalized spacial score (nSPS) is 13.6. The molecule has 0 atom stereocenters. The fraction of sp³-hybridized carbons (Fsp3) is 0.400. The third-order valence-electron chi connectivity index (χ3n) is 3.50. The molecule has 0 saturated heterocycles. The van der Waals surface area contributed by atoms with Crippen LogP contribution in [-0.4, -0.2) is 4.57 Å². The number of aromatic nitrogens is 1. The second-order valence-electron chi connectivity index (χ2n) is 5.31.